The molecule has 1 aromatic carbocycles. The Labute approximate surface area is 129 Å². The van der Waals surface area contributed by atoms with Crippen molar-refractivity contribution >= 4 is 17.0 Å². The van der Waals surface area contributed by atoms with E-state index >= 15 is 0 Å². The van der Waals surface area contributed by atoms with E-state index in [9.17, 15) is 4.79 Å². The van der Waals surface area contributed by atoms with Crippen LogP contribution in [0.5, 0.6) is 0 Å². The summed E-state index contributed by atoms with van der Waals surface area (Å²) in [7, 11) is 0. The summed E-state index contributed by atoms with van der Waals surface area (Å²) in [6.45, 7) is 7.68. The van der Waals surface area contributed by atoms with E-state index in [1.54, 1.807) is 11.1 Å². The highest BCUT2D eigenvalue weighted by Crippen LogP contribution is 2.22. The Hall–Kier alpha value is -2.08. The number of nitrogens with zero attached hydrogens (tertiary/aromatic N) is 2. The zero-order valence-corrected chi connectivity index (χ0v) is 13.2. The molecule has 22 heavy (non-hydrogen) atoms. The lowest BCUT2D eigenvalue weighted by Crippen LogP contribution is -2.49. The maximum absolute atomic E-state index is 12.2. The molecule has 1 aliphatic rings. The quantitative estimate of drug-likeness (QED) is 0.849. The van der Waals surface area contributed by atoms with Crippen molar-refractivity contribution in [3.05, 3.63) is 30.0 Å². The average Bonchev–Trinajstić information content (AvgIpc) is 2.93. The second-order valence-corrected chi connectivity index (χ2v) is 6.65. The Morgan fingerprint density at radius 1 is 1.41 bits per heavy atom. The molecule has 1 atom stereocenters. The van der Waals surface area contributed by atoms with Crippen LogP contribution < -0.4 is 5.32 Å². The van der Waals surface area contributed by atoms with Gasteiger partial charge in [-0.25, -0.2) is 4.79 Å². The van der Waals surface area contributed by atoms with Crippen molar-refractivity contribution < 1.29 is 9.53 Å². The number of H-pyrrole nitrogens is 1. The fraction of sp³-hybridized carbons (Fsp3) is 0.500. The molecular weight excluding hydrogens is 280 g/mol. The molecule has 1 aliphatic heterocycles. The maximum atomic E-state index is 12.2. The molecule has 118 valence electrons. The van der Waals surface area contributed by atoms with Gasteiger partial charge in [0.25, 0.3) is 0 Å². The minimum absolute atomic E-state index is 0.106. The number of nitrogens with one attached hydrogen (secondary N) is 2. The zero-order valence-electron chi connectivity index (χ0n) is 13.2. The summed E-state index contributed by atoms with van der Waals surface area (Å²) in [5.74, 6) is 0. The SMILES string of the molecule is CC(C)(C)OC(=O)N1CCNC(c2ccc3cn[nH]c3c2)C1. The van der Waals surface area contributed by atoms with Crippen molar-refractivity contribution in [3.63, 3.8) is 0 Å². The number of benzene rings is 1. The molecule has 2 aromatic rings. The van der Waals surface area contributed by atoms with Crippen LogP contribution in [-0.4, -0.2) is 46.4 Å². The lowest BCUT2D eigenvalue weighted by molar-refractivity contribution is 0.0195. The number of aromatic nitrogens is 2. The smallest absolute Gasteiger partial charge is 0.410 e. The average molecular weight is 302 g/mol. The van der Waals surface area contributed by atoms with Crippen LogP contribution >= 0.6 is 0 Å². The second-order valence-electron chi connectivity index (χ2n) is 6.65. The highest BCUT2D eigenvalue weighted by molar-refractivity contribution is 5.78. The van der Waals surface area contributed by atoms with Crippen LogP contribution in [0.15, 0.2) is 24.4 Å². The third kappa shape index (κ3) is 3.22. The van der Waals surface area contributed by atoms with Crippen LogP contribution in [0.2, 0.25) is 0 Å². The third-order valence-corrected chi connectivity index (χ3v) is 3.70. The molecule has 1 aromatic heterocycles. The number of rotatable bonds is 1. The largest absolute Gasteiger partial charge is 0.444 e. The highest BCUT2D eigenvalue weighted by atomic mass is 16.6. The van der Waals surface area contributed by atoms with Gasteiger partial charge in [0.05, 0.1) is 17.8 Å². The summed E-state index contributed by atoms with van der Waals surface area (Å²) in [6.07, 6.45) is 1.56. The van der Waals surface area contributed by atoms with Gasteiger partial charge in [-0.05, 0) is 32.4 Å². The minimum atomic E-state index is -0.466. The first kappa shape index (κ1) is 14.8. The van der Waals surface area contributed by atoms with E-state index in [1.165, 1.54) is 0 Å². The van der Waals surface area contributed by atoms with E-state index in [0.29, 0.717) is 13.1 Å². The number of aromatic amines is 1. The normalized spacial score (nSPS) is 19.4. The topological polar surface area (TPSA) is 70.2 Å². The van der Waals surface area contributed by atoms with E-state index < -0.39 is 5.60 Å². The van der Waals surface area contributed by atoms with Gasteiger partial charge in [-0.15, -0.1) is 0 Å². The van der Waals surface area contributed by atoms with Crippen LogP contribution in [0, 0.1) is 0 Å². The summed E-state index contributed by atoms with van der Waals surface area (Å²) in [4.78, 5) is 14.0. The van der Waals surface area contributed by atoms with Gasteiger partial charge in [0.1, 0.15) is 5.60 Å². The minimum Gasteiger partial charge on any atom is -0.444 e. The standard InChI is InChI=1S/C16H22N4O2/c1-16(2,3)22-15(21)20-7-6-17-14(10-20)11-4-5-12-9-18-19-13(12)8-11/h4-5,8-9,14,17H,6-7,10H2,1-3H3,(H,18,19). The van der Waals surface area contributed by atoms with Crippen molar-refractivity contribution in [1.82, 2.24) is 20.4 Å². The van der Waals surface area contributed by atoms with Gasteiger partial charge in [0.2, 0.25) is 0 Å². The van der Waals surface area contributed by atoms with E-state index in [-0.39, 0.29) is 12.1 Å². The van der Waals surface area contributed by atoms with Crippen LogP contribution in [0.25, 0.3) is 10.9 Å². The molecule has 2 N–H and O–H groups in total. The molecule has 0 spiro atoms. The molecule has 1 unspecified atom stereocenters. The number of ether oxygens (including phenoxy) is 1. The van der Waals surface area contributed by atoms with Crippen molar-refractivity contribution in [2.75, 3.05) is 19.6 Å². The number of fused-ring (bicyclic) bond motifs is 1. The first-order valence-corrected chi connectivity index (χ1v) is 7.57. The van der Waals surface area contributed by atoms with E-state index in [2.05, 4.69) is 27.6 Å². The highest BCUT2D eigenvalue weighted by Gasteiger charge is 2.28. The molecule has 0 bridgehead atoms. The Morgan fingerprint density at radius 3 is 3.00 bits per heavy atom. The second kappa shape index (κ2) is 5.61. The lowest BCUT2D eigenvalue weighted by Gasteiger charge is -2.35. The van der Waals surface area contributed by atoms with Crippen molar-refractivity contribution in [3.8, 4) is 0 Å². The number of piperazine rings is 1. The molecule has 0 aliphatic carbocycles. The van der Waals surface area contributed by atoms with Gasteiger partial charge >= 0.3 is 6.09 Å². The summed E-state index contributed by atoms with van der Waals surface area (Å²) in [5.41, 5.74) is 1.69. The zero-order chi connectivity index (χ0) is 15.7. The molecule has 1 fully saturated rings. The molecular formula is C16H22N4O2. The number of carbonyl (C=O) groups is 1. The Kier molecular flexibility index (Phi) is 3.78. The molecule has 2 heterocycles. The van der Waals surface area contributed by atoms with Crippen LogP contribution in [0.3, 0.4) is 0 Å². The van der Waals surface area contributed by atoms with Gasteiger partial charge in [-0.2, -0.15) is 5.10 Å². The van der Waals surface area contributed by atoms with Gasteiger partial charge in [-0.1, -0.05) is 12.1 Å². The van der Waals surface area contributed by atoms with E-state index in [4.69, 9.17) is 4.74 Å². The fourth-order valence-electron chi connectivity index (χ4n) is 2.64. The number of hydrogen-bond donors (Lipinski definition) is 2. The number of hydrogen-bond acceptors (Lipinski definition) is 4. The molecule has 1 amide bonds. The Morgan fingerprint density at radius 2 is 2.23 bits per heavy atom. The monoisotopic (exact) mass is 302 g/mol. The number of amides is 1. The first-order chi connectivity index (χ1) is 10.4. The van der Waals surface area contributed by atoms with Crippen molar-refractivity contribution in [2.45, 2.75) is 32.4 Å². The Balaban J connectivity index is 1.73. The van der Waals surface area contributed by atoms with Gasteiger partial charge in [0, 0.05) is 25.0 Å². The van der Waals surface area contributed by atoms with Gasteiger partial charge in [0.15, 0.2) is 0 Å². The summed E-state index contributed by atoms with van der Waals surface area (Å²) in [6, 6.07) is 6.31. The predicted octanol–water partition coefficient (Wildman–Crippen LogP) is 2.44. The summed E-state index contributed by atoms with van der Waals surface area (Å²) in [5, 5.41) is 11.6. The maximum Gasteiger partial charge on any atom is 0.410 e. The molecule has 0 saturated carbocycles. The third-order valence-electron chi connectivity index (χ3n) is 3.70. The molecule has 6 nitrogen and oxygen atoms in total. The van der Waals surface area contributed by atoms with Crippen molar-refractivity contribution in [1.29, 1.82) is 0 Å². The Bertz CT molecular complexity index is 674. The lowest BCUT2D eigenvalue weighted by atomic mass is 10.0. The number of carbonyl (C=O) groups excluding carboxylic acids is 1. The first-order valence-electron chi connectivity index (χ1n) is 7.57. The summed E-state index contributed by atoms with van der Waals surface area (Å²) < 4.78 is 5.46. The fourth-order valence-corrected chi connectivity index (χ4v) is 2.64. The van der Waals surface area contributed by atoms with Crippen LogP contribution in [0.4, 0.5) is 4.79 Å². The van der Waals surface area contributed by atoms with Crippen molar-refractivity contribution in [2.24, 2.45) is 0 Å². The molecule has 1 saturated heterocycles. The molecule has 6 heteroatoms. The van der Waals surface area contributed by atoms with Gasteiger partial charge < -0.3 is 15.0 Å². The predicted molar refractivity (Wildman–Crippen MR) is 84.6 cm³/mol. The summed E-state index contributed by atoms with van der Waals surface area (Å²) >= 11 is 0. The van der Waals surface area contributed by atoms with Crippen LogP contribution in [-0.2, 0) is 4.74 Å². The molecule has 3 rings (SSSR count). The molecule has 0 radical (unpaired) electrons. The van der Waals surface area contributed by atoms with Crippen LogP contribution in [0.1, 0.15) is 32.4 Å². The van der Waals surface area contributed by atoms with E-state index in [1.807, 2.05) is 26.8 Å². The van der Waals surface area contributed by atoms with E-state index in [0.717, 1.165) is 23.0 Å². The van der Waals surface area contributed by atoms with Gasteiger partial charge in [-0.3, -0.25) is 5.10 Å².